The van der Waals surface area contributed by atoms with Crippen LogP contribution in [-0.4, -0.2) is 56.4 Å². The lowest BCUT2D eigenvalue weighted by Crippen LogP contribution is -2.41. The smallest absolute Gasteiger partial charge is 0.234 e. The minimum Gasteiger partial charge on any atom is -0.380 e. The molecule has 0 aromatic carbocycles. The molecule has 1 rings (SSSR count). The first-order valence-electron chi connectivity index (χ1n) is 5.33. The lowest BCUT2D eigenvalue weighted by Gasteiger charge is -2.20. The first kappa shape index (κ1) is 12.4. The van der Waals surface area contributed by atoms with Crippen molar-refractivity contribution in [2.45, 2.75) is 25.5 Å². The number of hydrogen-bond donors (Lipinski definition) is 1. The summed E-state index contributed by atoms with van der Waals surface area (Å²) in [5.41, 5.74) is 5.33. The van der Waals surface area contributed by atoms with Gasteiger partial charge in [0.25, 0.3) is 0 Å². The molecule has 0 aromatic heterocycles. The standard InChI is InChI=1S/C10H20N2O3/c1-3-15-5-4-12-7-8(14-2)6-9(12)10(11)13/h8-9H,3-7H2,1-2H3,(H2,11,13)/t8-,9-/m0/s1. The van der Waals surface area contributed by atoms with E-state index in [9.17, 15) is 4.79 Å². The van der Waals surface area contributed by atoms with Gasteiger partial charge < -0.3 is 15.2 Å². The summed E-state index contributed by atoms with van der Waals surface area (Å²) in [6.45, 7) is 4.78. The lowest BCUT2D eigenvalue weighted by molar-refractivity contribution is -0.122. The van der Waals surface area contributed by atoms with E-state index < -0.39 is 0 Å². The molecule has 1 saturated heterocycles. The van der Waals surface area contributed by atoms with Crippen LogP contribution in [0, 0.1) is 0 Å². The van der Waals surface area contributed by atoms with Crippen LogP contribution in [0.15, 0.2) is 0 Å². The van der Waals surface area contributed by atoms with Crippen LogP contribution < -0.4 is 5.73 Å². The Bertz CT molecular complexity index is 211. The van der Waals surface area contributed by atoms with Crippen molar-refractivity contribution in [1.82, 2.24) is 4.90 Å². The summed E-state index contributed by atoms with van der Waals surface area (Å²) < 4.78 is 10.5. The average Bonchev–Trinajstić information content (AvgIpc) is 2.62. The van der Waals surface area contributed by atoms with Crippen LogP contribution in [0.2, 0.25) is 0 Å². The minimum absolute atomic E-state index is 0.115. The second kappa shape index (κ2) is 6.05. The monoisotopic (exact) mass is 216 g/mol. The van der Waals surface area contributed by atoms with Crippen molar-refractivity contribution in [2.24, 2.45) is 5.73 Å². The van der Waals surface area contributed by atoms with Crippen molar-refractivity contribution in [3.63, 3.8) is 0 Å². The Morgan fingerprint density at radius 1 is 1.60 bits per heavy atom. The van der Waals surface area contributed by atoms with E-state index in [-0.39, 0.29) is 18.1 Å². The Morgan fingerprint density at radius 3 is 2.87 bits per heavy atom. The van der Waals surface area contributed by atoms with Gasteiger partial charge in [0.2, 0.25) is 5.91 Å². The molecule has 1 aliphatic rings. The highest BCUT2D eigenvalue weighted by Crippen LogP contribution is 2.19. The molecule has 0 spiro atoms. The zero-order chi connectivity index (χ0) is 11.3. The summed E-state index contributed by atoms with van der Waals surface area (Å²) in [4.78, 5) is 13.2. The molecule has 2 atom stereocenters. The lowest BCUT2D eigenvalue weighted by atomic mass is 10.2. The van der Waals surface area contributed by atoms with E-state index in [1.54, 1.807) is 7.11 Å². The second-order valence-corrected chi connectivity index (χ2v) is 3.70. The molecule has 15 heavy (non-hydrogen) atoms. The molecule has 88 valence electrons. The summed E-state index contributed by atoms with van der Waals surface area (Å²) >= 11 is 0. The van der Waals surface area contributed by atoms with Crippen molar-refractivity contribution in [2.75, 3.05) is 33.4 Å². The summed E-state index contributed by atoms with van der Waals surface area (Å²) in [6, 6.07) is -0.199. The van der Waals surface area contributed by atoms with E-state index >= 15 is 0 Å². The van der Waals surface area contributed by atoms with E-state index in [0.29, 0.717) is 19.6 Å². The van der Waals surface area contributed by atoms with Crippen molar-refractivity contribution < 1.29 is 14.3 Å². The summed E-state index contributed by atoms with van der Waals surface area (Å²) in [5, 5.41) is 0. The van der Waals surface area contributed by atoms with E-state index in [1.165, 1.54) is 0 Å². The Morgan fingerprint density at radius 2 is 2.33 bits per heavy atom. The molecule has 5 heteroatoms. The zero-order valence-electron chi connectivity index (χ0n) is 9.44. The molecule has 5 nitrogen and oxygen atoms in total. The zero-order valence-corrected chi connectivity index (χ0v) is 9.44. The molecule has 0 radical (unpaired) electrons. The molecular weight excluding hydrogens is 196 g/mol. The highest BCUT2D eigenvalue weighted by atomic mass is 16.5. The van der Waals surface area contributed by atoms with Gasteiger partial charge in [-0.15, -0.1) is 0 Å². The normalized spacial score (nSPS) is 27.1. The van der Waals surface area contributed by atoms with Crippen molar-refractivity contribution >= 4 is 5.91 Å². The fourth-order valence-corrected chi connectivity index (χ4v) is 1.90. The summed E-state index contributed by atoms with van der Waals surface area (Å²) in [7, 11) is 1.66. The Balaban J connectivity index is 2.41. The molecule has 0 saturated carbocycles. The van der Waals surface area contributed by atoms with Gasteiger partial charge in [0.05, 0.1) is 18.8 Å². The maximum absolute atomic E-state index is 11.2. The molecule has 0 bridgehead atoms. The molecule has 1 fully saturated rings. The van der Waals surface area contributed by atoms with Crippen LogP contribution in [0.5, 0.6) is 0 Å². The van der Waals surface area contributed by atoms with Gasteiger partial charge >= 0.3 is 0 Å². The van der Waals surface area contributed by atoms with Gasteiger partial charge in [-0.2, -0.15) is 0 Å². The van der Waals surface area contributed by atoms with Crippen molar-refractivity contribution in [3.8, 4) is 0 Å². The van der Waals surface area contributed by atoms with Gasteiger partial charge in [-0.1, -0.05) is 0 Å². The maximum atomic E-state index is 11.2. The number of likely N-dealkylation sites (tertiary alicyclic amines) is 1. The number of hydrogen-bond acceptors (Lipinski definition) is 4. The SMILES string of the molecule is CCOCCN1C[C@@H](OC)C[C@H]1C(N)=O. The maximum Gasteiger partial charge on any atom is 0.234 e. The van der Waals surface area contributed by atoms with Gasteiger partial charge in [0.15, 0.2) is 0 Å². The highest BCUT2D eigenvalue weighted by Gasteiger charge is 2.35. The van der Waals surface area contributed by atoms with E-state index in [1.807, 2.05) is 11.8 Å². The molecule has 2 N–H and O–H groups in total. The number of amides is 1. The molecule has 0 aliphatic carbocycles. The van der Waals surface area contributed by atoms with Gasteiger partial charge in [-0.3, -0.25) is 9.69 Å². The van der Waals surface area contributed by atoms with Gasteiger partial charge in [0.1, 0.15) is 0 Å². The molecule has 0 unspecified atom stereocenters. The molecule has 1 heterocycles. The van der Waals surface area contributed by atoms with E-state index in [2.05, 4.69) is 0 Å². The molecule has 0 aromatic rings. The van der Waals surface area contributed by atoms with Crippen LogP contribution in [0.4, 0.5) is 0 Å². The fraction of sp³-hybridized carbons (Fsp3) is 0.900. The number of ether oxygens (including phenoxy) is 2. The predicted molar refractivity (Wildman–Crippen MR) is 56.5 cm³/mol. The van der Waals surface area contributed by atoms with E-state index in [0.717, 1.165) is 13.1 Å². The highest BCUT2D eigenvalue weighted by molar-refractivity contribution is 5.80. The van der Waals surface area contributed by atoms with Crippen LogP contribution in [-0.2, 0) is 14.3 Å². The number of methoxy groups -OCH3 is 1. The summed E-state index contributed by atoms with van der Waals surface area (Å²) in [6.07, 6.45) is 0.807. The number of carbonyl (C=O) groups excluding carboxylic acids is 1. The van der Waals surface area contributed by atoms with E-state index in [4.69, 9.17) is 15.2 Å². The minimum atomic E-state index is -0.272. The Hall–Kier alpha value is -0.650. The molecule has 1 aliphatic heterocycles. The number of carbonyl (C=O) groups is 1. The van der Waals surface area contributed by atoms with Crippen molar-refractivity contribution in [3.05, 3.63) is 0 Å². The van der Waals surface area contributed by atoms with Gasteiger partial charge in [-0.05, 0) is 13.3 Å². The largest absolute Gasteiger partial charge is 0.380 e. The topological polar surface area (TPSA) is 64.8 Å². The third kappa shape index (κ3) is 3.44. The van der Waals surface area contributed by atoms with Gasteiger partial charge in [-0.25, -0.2) is 0 Å². The quantitative estimate of drug-likeness (QED) is 0.613. The first-order chi connectivity index (χ1) is 7.19. The predicted octanol–water partition coefficient (Wildman–Crippen LogP) is -0.402. The second-order valence-electron chi connectivity index (χ2n) is 3.70. The van der Waals surface area contributed by atoms with Crippen LogP contribution in [0.25, 0.3) is 0 Å². The van der Waals surface area contributed by atoms with Crippen LogP contribution in [0.1, 0.15) is 13.3 Å². The van der Waals surface area contributed by atoms with Gasteiger partial charge in [0, 0.05) is 26.8 Å². The fourth-order valence-electron chi connectivity index (χ4n) is 1.90. The molecular formula is C10H20N2O3. The Kier molecular flexibility index (Phi) is 5.01. The number of rotatable bonds is 6. The van der Waals surface area contributed by atoms with Crippen LogP contribution in [0.3, 0.4) is 0 Å². The van der Waals surface area contributed by atoms with Crippen molar-refractivity contribution in [1.29, 1.82) is 0 Å². The average molecular weight is 216 g/mol. The number of nitrogens with two attached hydrogens (primary N) is 1. The van der Waals surface area contributed by atoms with Crippen LogP contribution >= 0.6 is 0 Å². The molecule has 1 amide bonds. The summed E-state index contributed by atoms with van der Waals surface area (Å²) in [5.74, 6) is -0.272. The number of primary amides is 1. The Labute approximate surface area is 90.5 Å². The number of nitrogens with zero attached hydrogens (tertiary/aromatic N) is 1. The first-order valence-corrected chi connectivity index (χ1v) is 5.33. The third-order valence-electron chi connectivity index (χ3n) is 2.75. The third-order valence-corrected chi connectivity index (χ3v) is 2.75.